The van der Waals surface area contributed by atoms with E-state index in [0.717, 1.165) is 18.5 Å². The van der Waals surface area contributed by atoms with Crippen molar-refractivity contribution in [3.8, 4) is 0 Å². The number of carbonyl (C=O) groups excluding carboxylic acids is 1. The number of hydrogen-bond acceptors (Lipinski definition) is 3. The zero-order valence-electron chi connectivity index (χ0n) is 14.8. The smallest absolute Gasteiger partial charge is 0.251 e. The molecule has 136 valence electrons. The van der Waals surface area contributed by atoms with E-state index in [1.807, 2.05) is 12.3 Å². The first kappa shape index (κ1) is 17.6. The van der Waals surface area contributed by atoms with E-state index in [-0.39, 0.29) is 11.9 Å². The normalized spacial score (nSPS) is 13.9. The molecule has 4 rings (SSSR count). The SMILES string of the molecule is O=C(NC[C@@H](c1cccnc1)N1CCc2ccccc21)c1ccc(Cl)cc1. The summed E-state index contributed by atoms with van der Waals surface area (Å²) >= 11 is 5.91. The molecule has 1 aliphatic rings. The Labute approximate surface area is 163 Å². The fourth-order valence-corrected chi connectivity index (χ4v) is 3.69. The number of carbonyl (C=O) groups is 1. The number of fused-ring (bicyclic) bond motifs is 1. The molecule has 1 aromatic heterocycles. The van der Waals surface area contributed by atoms with Crippen LogP contribution in [0.4, 0.5) is 5.69 Å². The Kier molecular flexibility index (Phi) is 5.07. The molecule has 1 atom stereocenters. The van der Waals surface area contributed by atoms with Gasteiger partial charge >= 0.3 is 0 Å². The van der Waals surface area contributed by atoms with Crippen LogP contribution in [0.5, 0.6) is 0 Å². The number of benzene rings is 2. The van der Waals surface area contributed by atoms with Crippen molar-refractivity contribution < 1.29 is 4.79 Å². The Bertz CT molecular complexity index is 928. The van der Waals surface area contributed by atoms with Crippen molar-refractivity contribution in [3.05, 3.63) is 94.8 Å². The van der Waals surface area contributed by atoms with Gasteiger partial charge in [-0.15, -0.1) is 0 Å². The fourth-order valence-electron chi connectivity index (χ4n) is 3.56. The monoisotopic (exact) mass is 377 g/mol. The molecule has 4 nitrogen and oxygen atoms in total. The van der Waals surface area contributed by atoms with E-state index in [9.17, 15) is 4.79 Å². The third kappa shape index (κ3) is 3.81. The highest BCUT2D eigenvalue weighted by molar-refractivity contribution is 6.30. The molecule has 0 spiro atoms. The molecule has 0 unspecified atom stereocenters. The van der Waals surface area contributed by atoms with Gasteiger partial charge in [-0.25, -0.2) is 0 Å². The second-order valence-corrected chi connectivity index (χ2v) is 7.03. The number of hydrogen-bond donors (Lipinski definition) is 1. The molecule has 1 N–H and O–H groups in total. The lowest BCUT2D eigenvalue weighted by atomic mass is 10.1. The summed E-state index contributed by atoms with van der Waals surface area (Å²) in [4.78, 5) is 19.2. The van der Waals surface area contributed by atoms with Gasteiger partial charge in [0.2, 0.25) is 0 Å². The van der Waals surface area contributed by atoms with Gasteiger partial charge in [-0.05, 0) is 53.9 Å². The Morgan fingerprint density at radius 2 is 1.93 bits per heavy atom. The average Bonchev–Trinajstić information content (AvgIpc) is 3.13. The minimum absolute atomic E-state index is 0.0265. The second kappa shape index (κ2) is 7.80. The molecule has 0 saturated heterocycles. The number of halogens is 1. The summed E-state index contributed by atoms with van der Waals surface area (Å²) in [5.41, 5.74) is 4.26. The Morgan fingerprint density at radius 1 is 1.11 bits per heavy atom. The number of rotatable bonds is 5. The zero-order chi connectivity index (χ0) is 18.6. The molecule has 1 aliphatic heterocycles. The van der Waals surface area contributed by atoms with Gasteiger partial charge in [-0.2, -0.15) is 0 Å². The highest BCUT2D eigenvalue weighted by Crippen LogP contribution is 2.34. The number of para-hydroxylation sites is 1. The van der Waals surface area contributed by atoms with Gasteiger partial charge in [0.05, 0.1) is 6.04 Å². The number of pyridine rings is 1. The first-order valence-electron chi connectivity index (χ1n) is 9.00. The van der Waals surface area contributed by atoms with Crippen molar-refractivity contribution >= 4 is 23.2 Å². The van der Waals surface area contributed by atoms with Crippen molar-refractivity contribution in [2.75, 3.05) is 18.0 Å². The summed E-state index contributed by atoms with van der Waals surface area (Å²) in [6.45, 7) is 1.43. The number of amides is 1. The van der Waals surface area contributed by atoms with E-state index in [1.165, 1.54) is 11.3 Å². The molecule has 1 amide bonds. The lowest BCUT2D eigenvalue weighted by Gasteiger charge is -2.31. The van der Waals surface area contributed by atoms with Crippen LogP contribution >= 0.6 is 11.6 Å². The minimum atomic E-state index is -0.104. The maximum atomic E-state index is 12.6. The van der Waals surface area contributed by atoms with Gasteiger partial charge in [-0.1, -0.05) is 35.9 Å². The Morgan fingerprint density at radius 3 is 2.70 bits per heavy atom. The number of anilines is 1. The molecule has 27 heavy (non-hydrogen) atoms. The zero-order valence-corrected chi connectivity index (χ0v) is 15.6. The standard InChI is InChI=1S/C22H20ClN3O/c23-19-9-7-17(8-10-19)22(27)25-15-21(18-5-3-12-24-14-18)26-13-11-16-4-1-2-6-20(16)26/h1-10,12,14,21H,11,13,15H2,(H,25,27)/t21-/m0/s1. The van der Waals surface area contributed by atoms with E-state index in [2.05, 4.69) is 45.5 Å². The van der Waals surface area contributed by atoms with E-state index < -0.39 is 0 Å². The molecule has 5 heteroatoms. The maximum absolute atomic E-state index is 12.6. The second-order valence-electron chi connectivity index (χ2n) is 6.59. The molecule has 0 saturated carbocycles. The molecular weight excluding hydrogens is 358 g/mol. The summed E-state index contributed by atoms with van der Waals surface area (Å²) in [6, 6.07) is 19.4. The van der Waals surface area contributed by atoms with Crippen molar-refractivity contribution in [2.45, 2.75) is 12.5 Å². The van der Waals surface area contributed by atoms with Crippen molar-refractivity contribution in [3.63, 3.8) is 0 Å². The lowest BCUT2D eigenvalue weighted by molar-refractivity contribution is 0.0951. The molecule has 2 heterocycles. The van der Waals surface area contributed by atoms with Crippen LogP contribution in [0.15, 0.2) is 73.1 Å². The maximum Gasteiger partial charge on any atom is 0.251 e. The molecule has 3 aromatic rings. The van der Waals surface area contributed by atoms with Crippen molar-refractivity contribution in [1.29, 1.82) is 0 Å². The quantitative estimate of drug-likeness (QED) is 0.722. The Hall–Kier alpha value is -2.85. The molecular formula is C22H20ClN3O. The summed E-state index contributed by atoms with van der Waals surface area (Å²) in [7, 11) is 0. The predicted octanol–water partition coefficient (Wildman–Crippen LogP) is 4.27. The van der Waals surface area contributed by atoms with Crippen molar-refractivity contribution in [2.24, 2.45) is 0 Å². The minimum Gasteiger partial charge on any atom is -0.362 e. The first-order chi connectivity index (χ1) is 13.2. The molecule has 0 fully saturated rings. The van der Waals surface area contributed by atoms with Gasteiger partial charge in [0.25, 0.3) is 5.91 Å². The molecule has 0 bridgehead atoms. The third-order valence-corrected chi connectivity index (χ3v) is 5.18. The highest BCUT2D eigenvalue weighted by atomic mass is 35.5. The number of nitrogens with zero attached hydrogens (tertiary/aromatic N) is 2. The average molecular weight is 378 g/mol. The summed E-state index contributed by atoms with van der Waals surface area (Å²) in [6.07, 6.45) is 4.66. The van der Waals surface area contributed by atoms with Gasteiger partial charge in [0.1, 0.15) is 0 Å². The topological polar surface area (TPSA) is 45.2 Å². The summed E-state index contributed by atoms with van der Waals surface area (Å²) in [5.74, 6) is -0.104. The van der Waals surface area contributed by atoms with Crippen LogP contribution in [0.1, 0.15) is 27.5 Å². The van der Waals surface area contributed by atoms with E-state index >= 15 is 0 Å². The highest BCUT2D eigenvalue weighted by Gasteiger charge is 2.27. The molecule has 0 radical (unpaired) electrons. The van der Waals surface area contributed by atoms with Crippen LogP contribution in [-0.4, -0.2) is 24.0 Å². The molecule has 0 aliphatic carbocycles. The van der Waals surface area contributed by atoms with Crippen LogP contribution < -0.4 is 10.2 Å². The summed E-state index contributed by atoms with van der Waals surface area (Å²) in [5, 5.41) is 3.69. The van der Waals surface area contributed by atoms with Gasteiger partial charge in [-0.3, -0.25) is 9.78 Å². The lowest BCUT2D eigenvalue weighted by Crippen LogP contribution is -2.37. The number of aromatic nitrogens is 1. The van der Waals surface area contributed by atoms with Crippen LogP contribution in [0.3, 0.4) is 0 Å². The first-order valence-corrected chi connectivity index (χ1v) is 9.38. The summed E-state index contributed by atoms with van der Waals surface area (Å²) < 4.78 is 0. The molecule has 2 aromatic carbocycles. The van der Waals surface area contributed by atoms with Gasteiger partial charge in [0.15, 0.2) is 0 Å². The van der Waals surface area contributed by atoms with E-state index in [0.29, 0.717) is 17.1 Å². The van der Waals surface area contributed by atoms with Gasteiger partial charge in [0, 0.05) is 41.8 Å². The number of nitrogens with one attached hydrogen (secondary N) is 1. The van der Waals surface area contributed by atoms with Gasteiger partial charge < -0.3 is 10.2 Å². The fraction of sp³-hybridized carbons (Fsp3) is 0.182. The third-order valence-electron chi connectivity index (χ3n) is 4.93. The van der Waals surface area contributed by atoms with E-state index in [4.69, 9.17) is 11.6 Å². The van der Waals surface area contributed by atoms with E-state index in [1.54, 1.807) is 30.5 Å². The predicted molar refractivity (Wildman–Crippen MR) is 108 cm³/mol. The van der Waals surface area contributed by atoms with Crippen LogP contribution in [0.25, 0.3) is 0 Å². The van der Waals surface area contributed by atoms with Crippen LogP contribution in [0.2, 0.25) is 5.02 Å². The van der Waals surface area contributed by atoms with Crippen LogP contribution in [-0.2, 0) is 6.42 Å². The van der Waals surface area contributed by atoms with Crippen molar-refractivity contribution in [1.82, 2.24) is 10.3 Å². The Balaban J connectivity index is 1.56. The van der Waals surface area contributed by atoms with Crippen LogP contribution in [0, 0.1) is 0 Å². The largest absolute Gasteiger partial charge is 0.362 e.